The number of hydrogen-bond acceptors (Lipinski definition) is 3. The molecule has 0 aliphatic rings. The van der Waals surface area contributed by atoms with E-state index in [-0.39, 0.29) is 5.91 Å². The third-order valence-electron chi connectivity index (χ3n) is 3.65. The minimum atomic E-state index is 0.00765. The van der Waals surface area contributed by atoms with Gasteiger partial charge < -0.3 is 16.0 Å². The smallest absolute Gasteiger partial charge is 0.224 e. The molecule has 1 rings (SSSR count). The molecule has 0 heterocycles. The molecule has 21 heavy (non-hydrogen) atoms. The molecule has 118 valence electrons. The molecule has 1 aromatic carbocycles. The van der Waals surface area contributed by atoms with Gasteiger partial charge in [0, 0.05) is 18.2 Å². The third-order valence-corrected chi connectivity index (χ3v) is 4.00. The number of nitrogens with one attached hydrogen (secondary N) is 1. The normalized spacial score (nSPS) is 12.4. The number of amides is 1. The predicted molar refractivity (Wildman–Crippen MR) is 90.7 cm³/mol. The molecule has 3 N–H and O–H groups in total. The molecule has 1 amide bonds. The van der Waals surface area contributed by atoms with Crippen molar-refractivity contribution in [2.24, 2.45) is 0 Å². The van der Waals surface area contributed by atoms with Crippen LogP contribution in [0.5, 0.6) is 0 Å². The Hall–Kier alpha value is -1.26. The second-order valence-electron chi connectivity index (χ2n) is 5.51. The lowest BCUT2D eigenvalue weighted by molar-refractivity contribution is -0.116. The Bertz CT molecular complexity index is 465. The molecular formula is C16H26ClN3O. The second kappa shape index (κ2) is 8.90. The van der Waals surface area contributed by atoms with Gasteiger partial charge in [-0.05, 0) is 51.6 Å². The van der Waals surface area contributed by atoms with Crippen molar-refractivity contribution in [1.29, 1.82) is 0 Å². The number of benzene rings is 1. The summed E-state index contributed by atoms with van der Waals surface area (Å²) in [6, 6.07) is 5.68. The van der Waals surface area contributed by atoms with Gasteiger partial charge in [-0.1, -0.05) is 24.9 Å². The molecule has 1 atom stereocenters. The highest BCUT2D eigenvalue weighted by Gasteiger charge is 2.09. The van der Waals surface area contributed by atoms with Gasteiger partial charge in [-0.15, -0.1) is 0 Å². The monoisotopic (exact) mass is 311 g/mol. The fraction of sp³-hybridized carbons (Fsp3) is 0.562. The molecule has 0 aliphatic heterocycles. The molecular weight excluding hydrogens is 286 g/mol. The molecule has 1 aromatic rings. The standard InChI is InChI=1S/C16H26ClN3O/c1-4-6-12(2)20(3)10-5-7-16(21)19-13-8-9-14(17)15(18)11-13/h8-9,11-12H,4-7,10,18H2,1-3H3,(H,19,21). The Kier molecular flexibility index (Phi) is 7.54. The fourth-order valence-electron chi connectivity index (χ4n) is 2.19. The number of halogens is 1. The number of carbonyl (C=O) groups excluding carboxylic acids is 1. The van der Waals surface area contributed by atoms with Gasteiger partial charge in [-0.25, -0.2) is 0 Å². The summed E-state index contributed by atoms with van der Waals surface area (Å²) in [5, 5.41) is 3.34. The third kappa shape index (κ3) is 6.36. The van der Waals surface area contributed by atoms with Crippen LogP contribution >= 0.6 is 11.6 Å². The van der Waals surface area contributed by atoms with E-state index in [1.165, 1.54) is 12.8 Å². The molecule has 0 saturated heterocycles. The van der Waals surface area contributed by atoms with E-state index in [1.54, 1.807) is 18.2 Å². The molecule has 1 unspecified atom stereocenters. The van der Waals surface area contributed by atoms with E-state index in [1.807, 2.05) is 0 Å². The van der Waals surface area contributed by atoms with E-state index >= 15 is 0 Å². The number of anilines is 2. The highest BCUT2D eigenvalue weighted by Crippen LogP contribution is 2.22. The van der Waals surface area contributed by atoms with E-state index in [0.717, 1.165) is 13.0 Å². The van der Waals surface area contributed by atoms with Crippen LogP contribution in [0.25, 0.3) is 0 Å². The van der Waals surface area contributed by atoms with Crippen LogP contribution in [0.1, 0.15) is 39.5 Å². The first kappa shape index (κ1) is 17.8. The van der Waals surface area contributed by atoms with Gasteiger partial charge in [0.2, 0.25) is 5.91 Å². The molecule has 4 nitrogen and oxygen atoms in total. The van der Waals surface area contributed by atoms with E-state index in [2.05, 4.69) is 31.1 Å². The number of nitrogens with zero attached hydrogens (tertiary/aromatic N) is 1. The zero-order valence-electron chi connectivity index (χ0n) is 13.2. The van der Waals surface area contributed by atoms with Crippen molar-refractivity contribution in [2.75, 3.05) is 24.6 Å². The van der Waals surface area contributed by atoms with Gasteiger partial charge in [0.1, 0.15) is 0 Å². The molecule has 0 aliphatic carbocycles. The summed E-state index contributed by atoms with van der Waals surface area (Å²) in [5.41, 5.74) is 6.87. The van der Waals surface area contributed by atoms with Crippen LogP contribution in [-0.2, 0) is 4.79 Å². The van der Waals surface area contributed by atoms with Gasteiger partial charge in [0.15, 0.2) is 0 Å². The Morgan fingerprint density at radius 1 is 1.48 bits per heavy atom. The lowest BCUT2D eigenvalue weighted by Gasteiger charge is -2.24. The van der Waals surface area contributed by atoms with Crippen LogP contribution in [0.3, 0.4) is 0 Å². The first-order valence-corrected chi connectivity index (χ1v) is 7.87. The maximum atomic E-state index is 11.9. The van der Waals surface area contributed by atoms with E-state index < -0.39 is 0 Å². The quantitative estimate of drug-likeness (QED) is 0.719. The second-order valence-corrected chi connectivity index (χ2v) is 5.91. The van der Waals surface area contributed by atoms with Crippen molar-refractivity contribution in [3.8, 4) is 0 Å². The lowest BCUT2D eigenvalue weighted by Crippen LogP contribution is -2.30. The highest BCUT2D eigenvalue weighted by atomic mass is 35.5. The first-order chi connectivity index (χ1) is 9.93. The van der Waals surface area contributed by atoms with Crippen molar-refractivity contribution in [1.82, 2.24) is 4.90 Å². The van der Waals surface area contributed by atoms with Gasteiger partial charge >= 0.3 is 0 Å². The topological polar surface area (TPSA) is 58.4 Å². The van der Waals surface area contributed by atoms with Crippen LogP contribution < -0.4 is 11.1 Å². The molecule has 0 fully saturated rings. The average molecular weight is 312 g/mol. The highest BCUT2D eigenvalue weighted by molar-refractivity contribution is 6.33. The lowest BCUT2D eigenvalue weighted by atomic mass is 10.1. The summed E-state index contributed by atoms with van der Waals surface area (Å²) in [7, 11) is 2.11. The van der Waals surface area contributed by atoms with Crippen LogP contribution in [-0.4, -0.2) is 30.4 Å². The molecule has 5 heteroatoms. The predicted octanol–water partition coefficient (Wildman–Crippen LogP) is 3.76. The molecule has 0 saturated carbocycles. The summed E-state index contributed by atoms with van der Waals surface area (Å²) < 4.78 is 0. The Labute approximate surface area is 132 Å². The number of nitrogens with two attached hydrogens (primary N) is 1. The molecule has 0 aromatic heterocycles. The van der Waals surface area contributed by atoms with Crippen LogP contribution in [0, 0.1) is 0 Å². The largest absolute Gasteiger partial charge is 0.397 e. The molecule has 0 bridgehead atoms. The minimum Gasteiger partial charge on any atom is -0.397 e. The van der Waals surface area contributed by atoms with Crippen LogP contribution in [0.15, 0.2) is 18.2 Å². The minimum absolute atomic E-state index is 0.00765. The summed E-state index contributed by atoms with van der Waals surface area (Å²) in [6.07, 6.45) is 3.72. The summed E-state index contributed by atoms with van der Waals surface area (Å²) in [5.74, 6) is 0.00765. The summed E-state index contributed by atoms with van der Waals surface area (Å²) >= 11 is 5.85. The average Bonchev–Trinajstić information content (AvgIpc) is 2.43. The van der Waals surface area contributed by atoms with E-state index in [4.69, 9.17) is 17.3 Å². The summed E-state index contributed by atoms with van der Waals surface area (Å²) in [4.78, 5) is 14.2. The van der Waals surface area contributed by atoms with Crippen molar-refractivity contribution in [3.63, 3.8) is 0 Å². The Balaban J connectivity index is 2.32. The van der Waals surface area contributed by atoms with E-state index in [9.17, 15) is 4.79 Å². The van der Waals surface area contributed by atoms with Crippen molar-refractivity contribution >= 4 is 28.9 Å². The zero-order valence-corrected chi connectivity index (χ0v) is 13.9. The summed E-state index contributed by atoms with van der Waals surface area (Å²) in [6.45, 7) is 5.34. The number of hydrogen-bond donors (Lipinski definition) is 2. The zero-order chi connectivity index (χ0) is 15.8. The van der Waals surface area contributed by atoms with Crippen molar-refractivity contribution in [2.45, 2.75) is 45.6 Å². The van der Waals surface area contributed by atoms with Crippen molar-refractivity contribution < 1.29 is 4.79 Å². The first-order valence-electron chi connectivity index (χ1n) is 7.49. The van der Waals surface area contributed by atoms with Gasteiger partial charge in [-0.3, -0.25) is 4.79 Å². The Morgan fingerprint density at radius 3 is 2.81 bits per heavy atom. The SMILES string of the molecule is CCCC(C)N(C)CCCC(=O)Nc1ccc(Cl)c(N)c1. The number of nitrogen functional groups attached to an aromatic ring is 1. The van der Waals surface area contributed by atoms with Gasteiger partial charge in [-0.2, -0.15) is 0 Å². The molecule has 0 spiro atoms. The van der Waals surface area contributed by atoms with Gasteiger partial charge in [0.25, 0.3) is 0 Å². The maximum absolute atomic E-state index is 11.9. The number of carbonyl (C=O) groups is 1. The molecule has 0 radical (unpaired) electrons. The van der Waals surface area contributed by atoms with Crippen LogP contribution in [0.4, 0.5) is 11.4 Å². The Morgan fingerprint density at radius 2 is 2.19 bits per heavy atom. The van der Waals surface area contributed by atoms with Gasteiger partial charge in [0.05, 0.1) is 10.7 Å². The van der Waals surface area contributed by atoms with Crippen LogP contribution in [0.2, 0.25) is 5.02 Å². The maximum Gasteiger partial charge on any atom is 0.224 e. The van der Waals surface area contributed by atoms with E-state index in [0.29, 0.717) is 28.9 Å². The van der Waals surface area contributed by atoms with Crippen molar-refractivity contribution in [3.05, 3.63) is 23.2 Å². The fourth-order valence-corrected chi connectivity index (χ4v) is 2.31. The number of rotatable bonds is 8.